The number of benzene rings is 1. The second kappa shape index (κ2) is 8.11. The first-order valence-electron chi connectivity index (χ1n) is 9.42. The van der Waals surface area contributed by atoms with Crippen molar-refractivity contribution >= 4 is 39.9 Å². The summed E-state index contributed by atoms with van der Waals surface area (Å²) in [5, 5.41) is 3.67. The Morgan fingerprint density at radius 2 is 2.20 bits per heavy atom. The molecule has 3 atom stereocenters. The number of rotatable bonds is 7. The lowest BCUT2D eigenvalue weighted by Gasteiger charge is -2.12. The number of hydrogen-bond acceptors (Lipinski definition) is 4. The van der Waals surface area contributed by atoms with Gasteiger partial charge in [0.15, 0.2) is 11.7 Å². The number of ether oxygens (including phenoxy) is 1. The highest BCUT2D eigenvalue weighted by Crippen LogP contribution is 2.49. The van der Waals surface area contributed by atoms with E-state index in [0.29, 0.717) is 11.4 Å². The summed E-state index contributed by atoms with van der Waals surface area (Å²) in [5.41, 5.74) is 1.61. The molecule has 3 aromatic rings. The van der Waals surface area contributed by atoms with E-state index in [9.17, 15) is 18.0 Å². The molecular formula is C20H19ClF3N3O2S. The average Bonchev–Trinajstić information content (AvgIpc) is 3.07. The predicted octanol–water partition coefficient (Wildman–Crippen LogP) is 5.59. The number of carbonyl (C=O) groups excluding carboxylic acids is 1. The Labute approximate surface area is 179 Å². The van der Waals surface area contributed by atoms with Crippen LogP contribution in [-0.4, -0.2) is 28.7 Å². The van der Waals surface area contributed by atoms with Gasteiger partial charge in [-0.2, -0.15) is 13.2 Å². The number of aromatic amines is 1. The van der Waals surface area contributed by atoms with Crippen molar-refractivity contribution < 1.29 is 22.7 Å². The van der Waals surface area contributed by atoms with E-state index in [2.05, 4.69) is 15.3 Å². The molecule has 1 saturated carbocycles. The highest BCUT2D eigenvalue weighted by atomic mass is 35.5. The second-order valence-electron chi connectivity index (χ2n) is 7.41. The number of halogens is 4. The van der Waals surface area contributed by atoms with Crippen molar-refractivity contribution in [2.24, 2.45) is 5.92 Å². The number of nitrogens with zero attached hydrogens (tertiary/aromatic N) is 1. The van der Waals surface area contributed by atoms with Crippen molar-refractivity contribution in [2.75, 3.05) is 6.61 Å². The highest BCUT2D eigenvalue weighted by Gasteiger charge is 2.42. The van der Waals surface area contributed by atoms with E-state index in [1.807, 2.05) is 12.1 Å². The molecule has 1 aliphatic carbocycles. The highest BCUT2D eigenvalue weighted by molar-refractivity contribution is 7.13. The summed E-state index contributed by atoms with van der Waals surface area (Å²) in [5.74, 6) is 1.13. The van der Waals surface area contributed by atoms with Gasteiger partial charge in [0.05, 0.1) is 16.6 Å². The van der Waals surface area contributed by atoms with Crippen molar-refractivity contribution in [3.05, 3.63) is 46.1 Å². The first-order chi connectivity index (χ1) is 14.2. The zero-order chi connectivity index (χ0) is 21.5. The molecule has 160 valence electrons. The largest absolute Gasteiger partial charge is 0.475 e. The molecule has 1 aromatic carbocycles. The molecule has 1 fully saturated rings. The number of nitrogens with one attached hydrogen (secondary N) is 2. The summed E-state index contributed by atoms with van der Waals surface area (Å²) >= 11 is 7.26. The molecule has 0 spiro atoms. The maximum absolute atomic E-state index is 12.4. The number of carbonyl (C=O) groups is 1. The molecule has 0 saturated heterocycles. The maximum Gasteiger partial charge on any atom is 0.422 e. The van der Waals surface area contributed by atoms with Crippen LogP contribution in [0.15, 0.2) is 30.3 Å². The van der Waals surface area contributed by atoms with Gasteiger partial charge in [-0.3, -0.25) is 4.79 Å². The van der Waals surface area contributed by atoms with Gasteiger partial charge in [0.2, 0.25) is 5.91 Å². The Balaban J connectivity index is 1.29. The molecule has 4 rings (SSSR count). The molecule has 0 bridgehead atoms. The van der Waals surface area contributed by atoms with E-state index in [0.717, 1.165) is 39.5 Å². The molecule has 0 aliphatic heterocycles. The summed E-state index contributed by atoms with van der Waals surface area (Å²) in [7, 11) is 0. The molecular weight excluding hydrogens is 439 g/mol. The summed E-state index contributed by atoms with van der Waals surface area (Å²) in [6.07, 6.45) is -3.15. The minimum atomic E-state index is -4.38. The Bertz CT molecular complexity index is 1070. The lowest BCUT2D eigenvalue weighted by Crippen LogP contribution is -2.26. The van der Waals surface area contributed by atoms with Crippen molar-refractivity contribution in [1.82, 2.24) is 15.3 Å². The Hall–Kier alpha value is -2.26. The van der Waals surface area contributed by atoms with Crippen LogP contribution in [0.3, 0.4) is 0 Å². The summed E-state index contributed by atoms with van der Waals surface area (Å²) in [4.78, 5) is 21.0. The van der Waals surface area contributed by atoms with E-state index in [1.54, 1.807) is 19.1 Å². The van der Waals surface area contributed by atoms with Crippen LogP contribution in [0.5, 0.6) is 5.06 Å². The average molecular weight is 458 g/mol. The molecule has 10 heteroatoms. The van der Waals surface area contributed by atoms with Gasteiger partial charge in [-0.1, -0.05) is 17.7 Å². The van der Waals surface area contributed by atoms with Gasteiger partial charge in [-0.15, -0.1) is 11.3 Å². The summed E-state index contributed by atoms with van der Waals surface area (Å²) < 4.78 is 41.5. The van der Waals surface area contributed by atoms with Crippen molar-refractivity contribution in [2.45, 2.75) is 37.9 Å². The Morgan fingerprint density at radius 3 is 2.93 bits per heavy atom. The van der Waals surface area contributed by atoms with Gasteiger partial charge in [-0.25, -0.2) is 4.98 Å². The van der Waals surface area contributed by atoms with Gasteiger partial charge in [0, 0.05) is 17.2 Å². The molecule has 1 aliphatic rings. The van der Waals surface area contributed by atoms with Crippen LogP contribution in [0, 0.1) is 5.92 Å². The first-order valence-corrected chi connectivity index (χ1v) is 10.6. The van der Waals surface area contributed by atoms with Crippen LogP contribution in [0.25, 0.3) is 11.0 Å². The lowest BCUT2D eigenvalue weighted by molar-refractivity contribution is -0.152. The SMILES string of the molecule is C[C@@H](NC(=O)C[C@H]1C[C@H]1c1nc2c(Cl)cccc2[nH]1)c1ccc(OCC(F)(F)F)s1. The third-order valence-corrected chi connectivity index (χ3v) is 6.47. The Kier molecular flexibility index (Phi) is 5.67. The van der Waals surface area contributed by atoms with E-state index >= 15 is 0 Å². The van der Waals surface area contributed by atoms with Gasteiger partial charge in [-0.05, 0) is 43.5 Å². The van der Waals surface area contributed by atoms with Crippen molar-refractivity contribution in [1.29, 1.82) is 0 Å². The number of para-hydroxylation sites is 1. The van der Waals surface area contributed by atoms with Crippen LogP contribution < -0.4 is 10.1 Å². The predicted molar refractivity (Wildman–Crippen MR) is 109 cm³/mol. The van der Waals surface area contributed by atoms with Gasteiger partial charge < -0.3 is 15.0 Å². The normalized spacial score (nSPS) is 19.6. The zero-order valence-corrected chi connectivity index (χ0v) is 17.5. The summed E-state index contributed by atoms with van der Waals surface area (Å²) in [6.45, 7) is 0.465. The topological polar surface area (TPSA) is 67.0 Å². The van der Waals surface area contributed by atoms with Gasteiger partial charge in [0.25, 0.3) is 0 Å². The molecule has 0 unspecified atom stereocenters. The maximum atomic E-state index is 12.4. The standard InChI is InChI=1S/C20H19ClF3N3O2S/c1-10(15-5-6-17(30-15)29-9-20(22,23)24)25-16(28)8-11-7-12(11)19-26-14-4-2-3-13(21)18(14)27-19/h2-6,10-12H,7-9H2,1H3,(H,25,28)(H,26,27)/t10-,11-,12-/m1/s1. The van der Waals surface area contributed by atoms with Crippen molar-refractivity contribution in [3.63, 3.8) is 0 Å². The van der Waals surface area contributed by atoms with Crippen LogP contribution >= 0.6 is 22.9 Å². The van der Waals surface area contributed by atoms with Crippen molar-refractivity contribution in [3.8, 4) is 5.06 Å². The second-order valence-corrected chi connectivity index (χ2v) is 8.90. The number of alkyl halides is 3. The van der Waals surface area contributed by atoms with E-state index in [-0.39, 0.29) is 28.8 Å². The fourth-order valence-corrected chi connectivity index (χ4v) is 4.48. The van der Waals surface area contributed by atoms with Gasteiger partial charge in [0.1, 0.15) is 11.3 Å². The number of aromatic nitrogens is 2. The van der Waals surface area contributed by atoms with E-state index < -0.39 is 12.8 Å². The third kappa shape index (κ3) is 4.89. The molecule has 2 aromatic heterocycles. The number of imidazole rings is 1. The van der Waals surface area contributed by atoms with Crippen LogP contribution in [-0.2, 0) is 4.79 Å². The molecule has 30 heavy (non-hydrogen) atoms. The smallest absolute Gasteiger partial charge is 0.422 e. The van der Waals surface area contributed by atoms with Crippen LogP contribution in [0.2, 0.25) is 5.02 Å². The fourth-order valence-electron chi connectivity index (χ4n) is 3.41. The number of H-pyrrole nitrogens is 1. The van der Waals surface area contributed by atoms with E-state index in [4.69, 9.17) is 16.3 Å². The number of hydrogen-bond donors (Lipinski definition) is 2. The number of amides is 1. The van der Waals surface area contributed by atoms with Crippen LogP contribution in [0.1, 0.15) is 42.4 Å². The molecule has 0 radical (unpaired) electrons. The van der Waals surface area contributed by atoms with E-state index in [1.165, 1.54) is 6.07 Å². The van der Waals surface area contributed by atoms with Crippen LogP contribution in [0.4, 0.5) is 13.2 Å². The van der Waals surface area contributed by atoms with Gasteiger partial charge >= 0.3 is 6.18 Å². The molecule has 2 N–H and O–H groups in total. The fraction of sp³-hybridized carbons (Fsp3) is 0.400. The number of thiophene rings is 1. The molecule has 1 amide bonds. The zero-order valence-electron chi connectivity index (χ0n) is 15.9. The first kappa shape index (κ1) is 21.0. The number of fused-ring (bicyclic) bond motifs is 1. The minimum absolute atomic E-state index is 0.102. The molecule has 2 heterocycles. The third-order valence-electron chi connectivity index (χ3n) is 4.99. The minimum Gasteiger partial charge on any atom is -0.475 e. The lowest BCUT2D eigenvalue weighted by atomic mass is 10.2. The Morgan fingerprint density at radius 1 is 1.40 bits per heavy atom. The molecule has 5 nitrogen and oxygen atoms in total. The summed E-state index contributed by atoms with van der Waals surface area (Å²) in [6, 6.07) is 8.40. The monoisotopic (exact) mass is 457 g/mol. The quantitative estimate of drug-likeness (QED) is 0.486.